The predicted octanol–water partition coefficient (Wildman–Crippen LogP) is 4.15. The summed E-state index contributed by atoms with van der Waals surface area (Å²) in [6.45, 7) is 0. The number of fused-ring (bicyclic) bond motifs is 2. The highest BCUT2D eigenvalue weighted by Gasteiger charge is 2.00. The smallest absolute Gasteiger partial charge is 0.0437 e. The number of hydrogen-bond acceptors (Lipinski definition) is 1. The van der Waals surface area contributed by atoms with Gasteiger partial charge in [-0.05, 0) is 44.2 Å². The highest BCUT2D eigenvalue weighted by Crippen LogP contribution is 2.27. The maximum Gasteiger partial charge on any atom is 0.0437 e. The molecule has 2 heteroatoms. The van der Waals surface area contributed by atoms with Crippen molar-refractivity contribution in [3.05, 3.63) is 53.3 Å². The molecule has 0 saturated carbocycles. The number of benzene rings is 2. The average Bonchev–Trinajstić information content (AvgIpc) is 2.27. The van der Waals surface area contributed by atoms with Crippen molar-refractivity contribution in [3.63, 3.8) is 0 Å². The number of nitrogens with zero attached hydrogens (tertiary/aromatic N) is 1. The molecule has 3 aromatic rings. The second-order valence-corrected chi connectivity index (χ2v) is 4.40. The molecule has 0 N–H and O–H groups in total. The van der Waals surface area contributed by atoms with Crippen LogP contribution in [0.5, 0.6) is 0 Å². The molecule has 3 rings (SSSR count). The number of hydrogen-bond donors (Lipinski definition) is 0. The molecule has 1 heterocycles. The van der Waals surface area contributed by atoms with Crippen LogP contribution < -0.4 is 0 Å². The monoisotopic (exact) mass is 257 g/mol. The van der Waals surface area contributed by atoms with Crippen LogP contribution in [-0.4, -0.2) is 4.98 Å². The van der Waals surface area contributed by atoms with E-state index in [0.717, 1.165) is 4.47 Å². The zero-order valence-corrected chi connectivity index (χ0v) is 9.53. The fourth-order valence-electron chi connectivity index (χ4n) is 1.82. The van der Waals surface area contributed by atoms with E-state index in [1.807, 2.05) is 12.4 Å². The largest absolute Gasteiger partial charge is 0.263 e. The molecular weight excluding hydrogens is 250 g/mol. The van der Waals surface area contributed by atoms with Crippen molar-refractivity contribution in [2.75, 3.05) is 0 Å². The molecule has 0 aliphatic rings. The molecule has 2 aromatic carbocycles. The summed E-state index contributed by atoms with van der Waals surface area (Å²) in [4.78, 5) is 4.17. The minimum absolute atomic E-state index is 1.05. The predicted molar refractivity (Wildman–Crippen MR) is 66.9 cm³/mol. The van der Waals surface area contributed by atoms with Crippen molar-refractivity contribution in [1.29, 1.82) is 0 Å². The molecule has 0 radical (unpaired) electrons. The van der Waals surface area contributed by atoms with Gasteiger partial charge in [0.1, 0.15) is 0 Å². The van der Waals surface area contributed by atoms with Gasteiger partial charge in [0, 0.05) is 22.3 Å². The third-order valence-corrected chi connectivity index (χ3v) is 3.21. The molecule has 0 fully saturated rings. The van der Waals surface area contributed by atoms with Crippen molar-refractivity contribution in [1.82, 2.24) is 4.98 Å². The molecule has 0 bridgehead atoms. The number of aromatic nitrogens is 1. The molecule has 1 aromatic heterocycles. The van der Waals surface area contributed by atoms with Crippen molar-refractivity contribution < 1.29 is 0 Å². The minimum atomic E-state index is 1.05. The summed E-state index contributed by atoms with van der Waals surface area (Å²) < 4.78 is 1.05. The van der Waals surface area contributed by atoms with Crippen LogP contribution in [0, 0.1) is 0 Å². The summed E-state index contributed by atoms with van der Waals surface area (Å²) in [7, 11) is 0. The van der Waals surface area contributed by atoms with Crippen LogP contribution in [0.1, 0.15) is 0 Å². The molecule has 0 aliphatic carbocycles. The molecule has 0 unspecified atom stereocenters. The lowest BCUT2D eigenvalue weighted by Gasteiger charge is -2.02. The first-order valence-corrected chi connectivity index (χ1v) is 5.56. The van der Waals surface area contributed by atoms with Gasteiger partial charge in [-0.15, -0.1) is 0 Å². The van der Waals surface area contributed by atoms with Gasteiger partial charge in [0.2, 0.25) is 0 Å². The third-order valence-electron chi connectivity index (χ3n) is 2.58. The summed E-state index contributed by atoms with van der Waals surface area (Å²) in [5.74, 6) is 0. The van der Waals surface area contributed by atoms with Gasteiger partial charge in [0.15, 0.2) is 0 Å². The molecule has 0 amide bonds. The first-order chi connectivity index (χ1) is 7.34. The van der Waals surface area contributed by atoms with E-state index in [4.69, 9.17) is 0 Å². The van der Waals surface area contributed by atoms with Crippen molar-refractivity contribution in [2.24, 2.45) is 0 Å². The van der Waals surface area contributed by atoms with Crippen LogP contribution in [0.15, 0.2) is 53.3 Å². The van der Waals surface area contributed by atoms with Crippen molar-refractivity contribution >= 4 is 37.5 Å². The summed E-state index contributed by atoms with van der Waals surface area (Å²) in [6.07, 6.45) is 3.73. The Bertz CT molecular complexity index is 646. The Balaban J connectivity index is 2.53. The van der Waals surface area contributed by atoms with Crippen LogP contribution in [0.25, 0.3) is 21.5 Å². The van der Waals surface area contributed by atoms with Crippen molar-refractivity contribution in [2.45, 2.75) is 0 Å². The van der Waals surface area contributed by atoms with E-state index in [9.17, 15) is 0 Å². The summed E-state index contributed by atoms with van der Waals surface area (Å²) in [5.41, 5.74) is 0. The van der Waals surface area contributed by atoms with E-state index in [1.165, 1.54) is 21.5 Å². The molecule has 0 saturated heterocycles. The fourth-order valence-corrected chi connectivity index (χ4v) is 2.29. The van der Waals surface area contributed by atoms with E-state index in [0.29, 0.717) is 0 Å². The number of rotatable bonds is 0. The summed E-state index contributed by atoms with van der Waals surface area (Å²) in [5, 5.41) is 4.90. The zero-order chi connectivity index (χ0) is 10.3. The Hall–Kier alpha value is -1.41. The van der Waals surface area contributed by atoms with E-state index >= 15 is 0 Å². The van der Waals surface area contributed by atoms with Gasteiger partial charge in [-0.25, -0.2) is 0 Å². The van der Waals surface area contributed by atoms with Gasteiger partial charge >= 0.3 is 0 Å². The first-order valence-electron chi connectivity index (χ1n) is 4.76. The highest BCUT2D eigenvalue weighted by molar-refractivity contribution is 9.10. The minimum Gasteiger partial charge on any atom is -0.263 e. The Kier molecular flexibility index (Phi) is 1.96. The molecule has 0 spiro atoms. The van der Waals surface area contributed by atoms with Gasteiger partial charge in [-0.2, -0.15) is 0 Å². The maximum atomic E-state index is 4.17. The Morgan fingerprint density at radius 1 is 0.867 bits per heavy atom. The Morgan fingerprint density at radius 3 is 2.40 bits per heavy atom. The molecule has 0 aliphatic heterocycles. The van der Waals surface area contributed by atoms with Crippen LogP contribution >= 0.6 is 15.9 Å². The first kappa shape index (κ1) is 8.86. The zero-order valence-electron chi connectivity index (χ0n) is 7.94. The second-order valence-electron chi connectivity index (χ2n) is 3.54. The second kappa shape index (κ2) is 3.31. The molecule has 1 nitrogen and oxygen atoms in total. The van der Waals surface area contributed by atoms with Crippen LogP contribution in [0.4, 0.5) is 0 Å². The van der Waals surface area contributed by atoms with Gasteiger partial charge in [-0.3, -0.25) is 4.98 Å². The standard InChI is InChI=1S/C13H8BrN/c14-13-8-15-7-11-5-9-3-1-2-4-10(9)6-12(11)13/h1-8H. The van der Waals surface area contributed by atoms with Gasteiger partial charge in [0.25, 0.3) is 0 Å². The van der Waals surface area contributed by atoms with Gasteiger partial charge in [-0.1, -0.05) is 24.3 Å². The fraction of sp³-hybridized carbons (Fsp3) is 0. The maximum absolute atomic E-state index is 4.17. The number of halogens is 1. The van der Waals surface area contributed by atoms with E-state index < -0.39 is 0 Å². The lowest BCUT2D eigenvalue weighted by Crippen LogP contribution is -1.79. The Morgan fingerprint density at radius 2 is 1.60 bits per heavy atom. The van der Waals surface area contributed by atoms with Gasteiger partial charge in [0.05, 0.1) is 0 Å². The van der Waals surface area contributed by atoms with E-state index in [1.54, 1.807) is 0 Å². The van der Waals surface area contributed by atoms with E-state index in [2.05, 4.69) is 57.3 Å². The topological polar surface area (TPSA) is 12.9 Å². The normalized spacial score (nSPS) is 11.0. The summed E-state index contributed by atoms with van der Waals surface area (Å²) in [6, 6.07) is 12.7. The van der Waals surface area contributed by atoms with Crippen LogP contribution in [0.2, 0.25) is 0 Å². The van der Waals surface area contributed by atoms with E-state index in [-0.39, 0.29) is 0 Å². The third kappa shape index (κ3) is 1.41. The quantitative estimate of drug-likeness (QED) is 0.552. The molecule has 15 heavy (non-hydrogen) atoms. The summed E-state index contributed by atoms with van der Waals surface area (Å²) >= 11 is 3.52. The van der Waals surface area contributed by atoms with Crippen LogP contribution in [0.3, 0.4) is 0 Å². The Labute approximate surface area is 95.9 Å². The lowest BCUT2D eigenvalue weighted by molar-refractivity contribution is 1.35. The molecular formula is C13H8BrN. The van der Waals surface area contributed by atoms with Gasteiger partial charge < -0.3 is 0 Å². The number of pyridine rings is 1. The average molecular weight is 258 g/mol. The lowest BCUT2D eigenvalue weighted by atomic mass is 10.1. The van der Waals surface area contributed by atoms with Crippen molar-refractivity contribution in [3.8, 4) is 0 Å². The molecule has 0 atom stereocenters. The van der Waals surface area contributed by atoms with Crippen LogP contribution in [-0.2, 0) is 0 Å². The SMILES string of the molecule is Brc1cncc2cc3ccccc3cc12. The molecule has 72 valence electrons. The highest BCUT2D eigenvalue weighted by atomic mass is 79.9.